The van der Waals surface area contributed by atoms with Gasteiger partial charge in [0.25, 0.3) is 0 Å². The van der Waals surface area contributed by atoms with Gasteiger partial charge in [-0.3, -0.25) is 0 Å². The van der Waals surface area contributed by atoms with Gasteiger partial charge in [-0.1, -0.05) is 5.11 Å². The van der Waals surface area contributed by atoms with Crippen molar-refractivity contribution >= 4 is 9.84 Å². The zero-order valence-corrected chi connectivity index (χ0v) is 5.95. The van der Waals surface area contributed by atoms with Crippen molar-refractivity contribution in [1.82, 2.24) is 0 Å². The monoisotopic (exact) mass is 165 g/mol. The standard InChI is InChI=1S/C3H7N3O3S/c4-6-5-3-10(8,9)2-1-7/h7H,1-3H2. The van der Waals surface area contributed by atoms with Gasteiger partial charge >= 0.3 is 0 Å². The van der Waals surface area contributed by atoms with Crippen molar-refractivity contribution < 1.29 is 13.5 Å². The fourth-order valence-electron chi connectivity index (χ4n) is 0.317. The van der Waals surface area contributed by atoms with Gasteiger partial charge in [0.05, 0.1) is 12.4 Å². The van der Waals surface area contributed by atoms with Crippen molar-refractivity contribution in [3.8, 4) is 0 Å². The Kier molecular flexibility index (Phi) is 3.78. The quantitative estimate of drug-likeness (QED) is 0.350. The molecule has 0 saturated carbocycles. The van der Waals surface area contributed by atoms with Gasteiger partial charge in [-0.2, -0.15) is 0 Å². The molecule has 0 atom stereocenters. The maximum absolute atomic E-state index is 10.6. The second kappa shape index (κ2) is 4.10. The van der Waals surface area contributed by atoms with Gasteiger partial charge in [0, 0.05) is 4.91 Å². The Morgan fingerprint density at radius 3 is 2.60 bits per heavy atom. The first-order valence-electron chi connectivity index (χ1n) is 2.44. The van der Waals surface area contributed by atoms with Crippen molar-refractivity contribution in [2.24, 2.45) is 5.11 Å². The summed E-state index contributed by atoms with van der Waals surface area (Å²) < 4.78 is 21.1. The van der Waals surface area contributed by atoms with E-state index < -0.39 is 22.3 Å². The largest absolute Gasteiger partial charge is 0.395 e. The summed E-state index contributed by atoms with van der Waals surface area (Å²) in [6.07, 6.45) is 0. The first-order valence-corrected chi connectivity index (χ1v) is 4.26. The lowest BCUT2D eigenvalue weighted by Crippen LogP contribution is -2.11. The molecule has 0 unspecified atom stereocenters. The molecule has 0 heterocycles. The summed E-state index contributed by atoms with van der Waals surface area (Å²) in [6.45, 7) is -0.441. The molecule has 0 aromatic carbocycles. The molecule has 0 spiro atoms. The highest BCUT2D eigenvalue weighted by molar-refractivity contribution is 7.91. The number of sulfone groups is 1. The van der Waals surface area contributed by atoms with E-state index in [1.807, 2.05) is 0 Å². The van der Waals surface area contributed by atoms with Crippen LogP contribution in [0.25, 0.3) is 10.4 Å². The smallest absolute Gasteiger partial charge is 0.158 e. The van der Waals surface area contributed by atoms with Crippen LogP contribution >= 0.6 is 0 Å². The lowest BCUT2D eigenvalue weighted by atomic mass is 10.9. The third-order valence-electron chi connectivity index (χ3n) is 0.720. The zero-order valence-electron chi connectivity index (χ0n) is 5.13. The number of aliphatic hydroxyl groups excluding tert-OH is 1. The Hall–Kier alpha value is -0.780. The number of aliphatic hydroxyl groups is 1. The molecule has 0 aromatic rings. The van der Waals surface area contributed by atoms with E-state index in [1.54, 1.807) is 0 Å². The molecule has 0 amide bonds. The van der Waals surface area contributed by atoms with Crippen LogP contribution in [-0.4, -0.2) is 31.8 Å². The number of azide groups is 1. The Morgan fingerprint density at radius 2 is 2.20 bits per heavy atom. The minimum Gasteiger partial charge on any atom is -0.395 e. The van der Waals surface area contributed by atoms with Crippen molar-refractivity contribution in [3.63, 3.8) is 0 Å². The Balaban J connectivity index is 4.01. The SMILES string of the molecule is [N-]=[N+]=NCS(=O)(=O)CCO. The summed E-state index contributed by atoms with van der Waals surface area (Å²) in [5.41, 5.74) is 7.73. The highest BCUT2D eigenvalue weighted by Crippen LogP contribution is 1.89. The lowest BCUT2D eigenvalue weighted by molar-refractivity contribution is 0.319. The second-order valence-electron chi connectivity index (χ2n) is 1.53. The fourth-order valence-corrected chi connectivity index (χ4v) is 0.952. The van der Waals surface area contributed by atoms with E-state index >= 15 is 0 Å². The van der Waals surface area contributed by atoms with Crippen LogP contribution in [-0.2, 0) is 9.84 Å². The third-order valence-corrected chi connectivity index (χ3v) is 2.03. The minimum absolute atomic E-state index is 0.355. The van der Waals surface area contributed by atoms with Crippen LogP contribution in [0.3, 0.4) is 0 Å². The minimum atomic E-state index is -3.36. The summed E-state index contributed by atoms with van der Waals surface area (Å²) in [4.78, 5) is 2.27. The van der Waals surface area contributed by atoms with Crippen LogP contribution in [0.5, 0.6) is 0 Å². The number of hydrogen-bond acceptors (Lipinski definition) is 4. The number of nitrogens with zero attached hydrogens (tertiary/aromatic N) is 3. The molecule has 6 nitrogen and oxygen atoms in total. The molecule has 0 bridgehead atoms. The number of hydrogen-bond donors (Lipinski definition) is 1. The Morgan fingerprint density at radius 1 is 1.60 bits per heavy atom. The Bertz CT molecular complexity index is 227. The molecule has 0 aromatic heterocycles. The maximum Gasteiger partial charge on any atom is 0.158 e. The summed E-state index contributed by atoms with van der Waals surface area (Å²) in [5.74, 6) is -0.934. The molecular formula is C3H7N3O3S. The van der Waals surface area contributed by atoms with Crippen LogP contribution in [0.15, 0.2) is 5.11 Å². The maximum atomic E-state index is 10.6. The van der Waals surface area contributed by atoms with E-state index in [1.165, 1.54) is 0 Å². The van der Waals surface area contributed by atoms with E-state index in [2.05, 4.69) is 10.0 Å². The van der Waals surface area contributed by atoms with E-state index in [9.17, 15) is 8.42 Å². The molecule has 0 aliphatic heterocycles. The predicted octanol–water partition coefficient (Wildman–Crippen LogP) is -0.339. The van der Waals surface area contributed by atoms with Gasteiger partial charge < -0.3 is 5.11 Å². The first kappa shape index (κ1) is 9.22. The molecule has 7 heteroatoms. The molecule has 1 N–H and O–H groups in total. The predicted molar refractivity (Wildman–Crippen MR) is 34.9 cm³/mol. The number of rotatable bonds is 4. The fraction of sp³-hybridized carbons (Fsp3) is 1.00. The van der Waals surface area contributed by atoms with E-state index in [0.29, 0.717) is 0 Å². The molecule has 0 fully saturated rings. The zero-order chi connectivity index (χ0) is 8.04. The Labute approximate surface area is 58.0 Å². The highest BCUT2D eigenvalue weighted by atomic mass is 32.2. The molecule has 0 saturated heterocycles. The van der Waals surface area contributed by atoms with Gasteiger partial charge in [-0.05, 0) is 5.53 Å². The van der Waals surface area contributed by atoms with Gasteiger partial charge in [0.1, 0.15) is 5.88 Å². The van der Waals surface area contributed by atoms with Crippen LogP contribution in [0.2, 0.25) is 0 Å². The molecular weight excluding hydrogens is 158 g/mol. The molecule has 0 radical (unpaired) electrons. The summed E-state index contributed by atoms with van der Waals surface area (Å²) in [5, 5.41) is 11.0. The van der Waals surface area contributed by atoms with Crippen molar-refractivity contribution in [3.05, 3.63) is 10.4 Å². The van der Waals surface area contributed by atoms with Gasteiger partial charge in [0.15, 0.2) is 9.84 Å². The molecule has 0 aliphatic carbocycles. The summed E-state index contributed by atoms with van der Waals surface area (Å²) in [7, 11) is -3.36. The molecule has 0 aliphatic rings. The third kappa shape index (κ3) is 4.13. The molecule has 10 heavy (non-hydrogen) atoms. The molecule has 58 valence electrons. The van der Waals surface area contributed by atoms with E-state index in [0.717, 1.165) is 0 Å². The second-order valence-corrected chi connectivity index (χ2v) is 3.68. The molecule has 0 rings (SSSR count). The van der Waals surface area contributed by atoms with Crippen LogP contribution < -0.4 is 0 Å². The van der Waals surface area contributed by atoms with Gasteiger partial charge in [-0.25, -0.2) is 8.42 Å². The first-order chi connectivity index (χ1) is 4.62. The topological polar surface area (TPSA) is 103 Å². The van der Waals surface area contributed by atoms with Crippen molar-refractivity contribution in [2.45, 2.75) is 0 Å². The van der Waals surface area contributed by atoms with Crippen molar-refractivity contribution in [1.29, 1.82) is 0 Å². The van der Waals surface area contributed by atoms with E-state index in [4.69, 9.17) is 10.6 Å². The van der Waals surface area contributed by atoms with Crippen LogP contribution in [0.1, 0.15) is 0 Å². The normalized spacial score (nSPS) is 10.5. The summed E-state index contributed by atoms with van der Waals surface area (Å²) >= 11 is 0. The van der Waals surface area contributed by atoms with Crippen molar-refractivity contribution in [2.75, 3.05) is 18.2 Å². The van der Waals surface area contributed by atoms with Gasteiger partial charge in [0.2, 0.25) is 0 Å². The van der Waals surface area contributed by atoms with Crippen LogP contribution in [0, 0.1) is 0 Å². The average molecular weight is 165 g/mol. The highest BCUT2D eigenvalue weighted by Gasteiger charge is 2.06. The van der Waals surface area contributed by atoms with Crippen LogP contribution in [0.4, 0.5) is 0 Å². The van der Waals surface area contributed by atoms with E-state index in [-0.39, 0.29) is 5.75 Å². The van der Waals surface area contributed by atoms with Gasteiger partial charge in [-0.15, -0.1) is 0 Å². The lowest BCUT2D eigenvalue weighted by Gasteiger charge is -1.93. The average Bonchev–Trinajstić information content (AvgIpc) is 1.84. The summed E-state index contributed by atoms with van der Waals surface area (Å²) in [6, 6.07) is 0.